The van der Waals surface area contributed by atoms with Crippen molar-refractivity contribution >= 4 is 17.5 Å². The number of carbonyl (C=O) groups excluding carboxylic acids is 1. The van der Waals surface area contributed by atoms with Crippen molar-refractivity contribution in [3.63, 3.8) is 0 Å². The molecule has 0 N–H and O–H groups in total. The second-order valence-electron chi connectivity index (χ2n) is 6.62. The average Bonchev–Trinajstić information content (AvgIpc) is 3.02. The molecule has 2 aromatic rings. The van der Waals surface area contributed by atoms with Crippen LogP contribution in [-0.4, -0.2) is 36.3 Å². The van der Waals surface area contributed by atoms with Crippen LogP contribution in [0.3, 0.4) is 0 Å². The minimum Gasteiger partial charge on any atom is -0.340 e. The molecule has 0 heterocycles. The molecule has 2 aromatic carbocycles. The Kier molecular flexibility index (Phi) is 5.40. The lowest BCUT2D eigenvalue weighted by molar-refractivity contribution is -0.131. The third kappa shape index (κ3) is 3.86. The van der Waals surface area contributed by atoms with Gasteiger partial charge in [-0.1, -0.05) is 41.9 Å². The van der Waals surface area contributed by atoms with E-state index in [2.05, 4.69) is 23.1 Å². The first-order valence-corrected chi connectivity index (χ1v) is 8.80. The van der Waals surface area contributed by atoms with Gasteiger partial charge in [0.2, 0.25) is 5.91 Å². The molecule has 0 fully saturated rings. The molecule has 0 aromatic heterocycles. The largest absolute Gasteiger partial charge is 0.340 e. The van der Waals surface area contributed by atoms with Gasteiger partial charge >= 0.3 is 0 Å². The smallest absolute Gasteiger partial charge is 0.236 e. The molecule has 0 saturated heterocycles. The monoisotopic (exact) mass is 360 g/mol. The van der Waals surface area contributed by atoms with Crippen LogP contribution in [0.4, 0.5) is 4.39 Å². The minimum absolute atomic E-state index is 0.0498. The molecule has 1 aliphatic rings. The highest BCUT2D eigenvalue weighted by atomic mass is 35.5. The molecule has 132 valence electrons. The highest BCUT2D eigenvalue weighted by Gasteiger charge is 2.27. The normalized spacial score (nSPS) is 16.1. The second kappa shape index (κ2) is 7.54. The van der Waals surface area contributed by atoms with E-state index < -0.39 is 0 Å². The van der Waals surface area contributed by atoms with Crippen LogP contribution >= 0.6 is 11.6 Å². The molecule has 0 saturated carbocycles. The number of hydrogen-bond donors (Lipinski definition) is 0. The fraction of sp³-hybridized carbons (Fsp3) is 0.350. The van der Waals surface area contributed by atoms with Gasteiger partial charge in [0.15, 0.2) is 0 Å². The molecular weight excluding hydrogens is 339 g/mol. The van der Waals surface area contributed by atoms with Gasteiger partial charge in [-0.3, -0.25) is 9.69 Å². The van der Waals surface area contributed by atoms with Crippen LogP contribution in [0.2, 0.25) is 5.02 Å². The third-order valence-electron chi connectivity index (χ3n) is 4.90. The molecule has 1 amide bonds. The fourth-order valence-electron chi connectivity index (χ4n) is 3.45. The van der Waals surface area contributed by atoms with Crippen LogP contribution in [0.25, 0.3) is 0 Å². The van der Waals surface area contributed by atoms with E-state index in [0.29, 0.717) is 17.1 Å². The van der Waals surface area contributed by atoms with Crippen molar-refractivity contribution in [3.8, 4) is 0 Å². The van der Waals surface area contributed by atoms with Gasteiger partial charge in [0.05, 0.1) is 6.54 Å². The topological polar surface area (TPSA) is 23.6 Å². The molecule has 0 bridgehead atoms. The summed E-state index contributed by atoms with van der Waals surface area (Å²) in [5.74, 6) is -0.434. The number of rotatable bonds is 5. The first kappa shape index (κ1) is 17.9. The molecule has 0 unspecified atom stereocenters. The van der Waals surface area contributed by atoms with Gasteiger partial charge in [-0.25, -0.2) is 4.39 Å². The lowest BCUT2D eigenvalue weighted by Crippen LogP contribution is -2.37. The first-order chi connectivity index (χ1) is 12.0. The highest BCUT2D eigenvalue weighted by molar-refractivity contribution is 6.31. The van der Waals surface area contributed by atoms with E-state index >= 15 is 0 Å². The van der Waals surface area contributed by atoms with Crippen molar-refractivity contribution in [2.75, 3.05) is 20.6 Å². The van der Waals surface area contributed by atoms with E-state index in [-0.39, 0.29) is 24.3 Å². The van der Waals surface area contributed by atoms with Crippen LogP contribution in [0.15, 0.2) is 42.5 Å². The van der Waals surface area contributed by atoms with Crippen LogP contribution in [0.1, 0.15) is 29.2 Å². The molecule has 3 rings (SSSR count). The molecule has 3 nitrogen and oxygen atoms in total. The number of fused-ring (bicyclic) bond motifs is 1. The van der Waals surface area contributed by atoms with Crippen molar-refractivity contribution in [2.45, 2.75) is 25.4 Å². The molecule has 5 heteroatoms. The van der Waals surface area contributed by atoms with E-state index in [0.717, 1.165) is 12.8 Å². The van der Waals surface area contributed by atoms with Gasteiger partial charge in [0, 0.05) is 30.2 Å². The van der Waals surface area contributed by atoms with E-state index in [4.69, 9.17) is 11.6 Å². The summed E-state index contributed by atoms with van der Waals surface area (Å²) in [4.78, 5) is 16.2. The van der Waals surface area contributed by atoms with Gasteiger partial charge in [-0.15, -0.1) is 0 Å². The molecule has 1 atom stereocenters. The second-order valence-corrected chi connectivity index (χ2v) is 7.03. The third-order valence-corrected chi connectivity index (χ3v) is 5.25. The summed E-state index contributed by atoms with van der Waals surface area (Å²) in [5, 5.41) is 0.345. The van der Waals surface area contributed by atoms with Crippen LogP contribution < -0.4 is 0 Å². The Morgan fingerprint density at radius 1 is 1.20 bits per heavy atom. The summed E-state index contributed by atoms with van der Waals surface area (Å²) in [6, 6.07) is 13.2. The standard InChI is InChI=1S/C20H22ClFN2O/c1-23(19-11-10-14-6-3-4-7-15(14)19)13-20(25)24(2)12-16-17(21)8-5-9-18(16)22/h3-9,19H,10-13H2,1-2H3/t19-/m1/s1. The van der Waals surface area contributed by atoms with Gasteiger partial charge in [0.1, 0.15) is 5.82 Å². The number of aryl methyl sites for hydroxylation is 1. The molecular formula is C20H22ClFN2O. The van der Waals surface area contributed by atoms with Gasteiger partial charge in [0.25, 0.3) is 0 Å². The highest BCUT2D eigenvalue weighted by Crippen LogP contribution is 2.34. The Bertz CT molecular complexity index is 760. The molecule has 0 spiro atoms. The maximum absolute atomic E-state index is 13.9. The molecule has 0 aliphatic heterocycles. The Labute approximate surface area is 153 Å². The van der Waals surface area contributed by atoms with Crippen molar-refractivity contribution in [2.24, 2.45) is 0 Å². The summed E-state index contributed by atoms with van der Waals surface area (Å²) in [6.45, 7) is 0.459. The van der Waals surface area contributed by atoms with Gasteiger partial charge in [-0.05, 0) is 43.1 Å². The van der Waals surface area contributed by atoms with Crippen molar-refractivity contribution in [1.29, 1.82) is 0 Å². The van der Waals surface area contributed by atoms with E-state index in [1.165, 1.54) is 22.1 Å². The van der Waals surface area contributed by atoms with E-state index in [1.807, 2.05) is 13.1 Å². The molecule has 0 radical (unpaired) electrons. The quantitative estimate of drug-likeness (QED) is 0.802. The Morgan fingerprint density at radius 2 is 1.96 bits per heavy atom. The number of nitrogens with zero attached hydrogens (tertiary/aromatic N) is 2. The zero-order valence-corrected chi connectivity index (χ0v) is 15.3. The lowest BCUT2D eigenvalue weighted by Gasteiger charge is -2.27. The Balaban J connectivity index is 1.64. The number of carbonyl (C=O) groups is 1. The first-order valence-electron chi connectivity index (χ1n) is 8.42. The summed E-state index contributed by atoms with van der Waals surface area (Å²) in [7, 11) is 3.65. The van der Waals surface area contributed by atoms with Crippen molar-refractivity contribution < 1.29 is 9.18 Å². The zero-order chi connectivity index (χ0) is 18.0. The number of amides is 1. The van der Waals surface area contributed by atoms with E-state index in [1.54, 1.807) is 19.2 Å². The maximum Gasteiger partial charge on any atom is 0.236 e. The summed E-state index contributed by atoms with van der Waals surface area (Å²) < 4.78 is 13.9. The summed E-state index contributed by atoms with van der Waals surface area (Å²) in [5.41, 5.74) is 3.02. The Hall–Kier alpha value is -1.91. The number of benzene rings is 2. The maximum atomic E-state index is 13.9. The minimum atomic E-state index is -0.384. The van der Waals surface area contributed by atoms with Crippen molar-refractivity contribution in [1.82, 2.24) is 9.80 Å². The lowest BCUT2D eigenvalue weighted by atomic mass is 10.1. The van der Waals surface area contributed by atoms with Crippen LogP contribution in [0, 0.1) is 5.82 Å². The predicted molar refractivity (Wildman–Crippen MR) is 98.0 cm³/mol. The predicted octanol–water partition coefficient (Wildman–Crippen LogP) is 4.06. The average molecular weight is 361 g/mol. The zero-order valence-electron chi connectivity index (χ0n) is 14.5. The SMILES string of the molecule is CN(Cc1c(F)cccc1Cl)C(=O)CN(C)[C@@H]1CCc2ccccc21. The summed E-state index contributed by atoms with van der Waals surface area (Å²) >= 11 is 6.06. The number of halogens is 2. The Morgan fingerprint density at radius 3 is 2.72 bits per heavy atom. The van der Waals surface area contributed by atoms with Crippen molar-refractivity contribution in [3.05, 3.63) is 70.0 Å². The summed E-state index contributed by atoms with van der Waals surface area (Å²) in [6.07, 6.45) is 2.06. The van der Waals surface area contributed by atoms with Crippen LogP contribution in [-0.2, 0) is 17.8 Å². The van der Waals surface area contributed by atoms with Crippen LogP contribution in [0.5, 0.6) is 0 Å². The molecule has 1 aliphatic carbocycles. The van der Waals surface area contributed by atoms with Gasteiger partial charge < -0.3 is 4.90 Å². The van der Waals surface area contributed by atoms with E-state index in [9.17, 15) is 9.18 Å². The fourth-order valence-corrected chi connectivity index (χ4v) is 3.67. The number of hydrogen-bond acceptors (Lipinski definition) is 2. The molecule has 25 heavy (non-hydrogen) atoms. The number of likely N-dealkylation sites (N-methyl/N-ethyl adjacent to an activating group) is 2. The van der Waals surface area contributed by atoms with Gasteiger partial charge in [-0.2, -0.15) is 0 Å².